The van der Waals surface area contributed by atoms with Gasteiger partial charge in [0.15, 0.2) is 16.6 Å². The first-order valence-corrected chi connectivity index (χ1v) is 8.26. The van der Waals surface area contributed by atoms with Gasteiger partial charge < -0.3 is 29.6 Å². The normalized spacial score (nSPS) is 12.2. The van der Waals surface area contributed by atoms with Gasteiger partial charge in [-0.15, -0.1) is 0 Å². The maximum atomic E-state index is 5.71. The molecule has 132 valence electrons. The standard InChI is InChI=1S/C18H20N2O4S/c1-21-13-6-7-15(22-2)14(10-13)20-18(25)19-11-12-4-3-5-16-17(12)24-9-8-23-16/h3-7,10H,8-9,11H2,1-2H3,(H2,19,20,25). The summed E-state index contributed by atoms with van der Waals surface area (Å²) in [5.41, 5.74) is 1.72. The Morgan fingerprint density at radius 2 is 1.96 bits per heavy atom. The summed E-state index contributed by atoms with van der Waals surface area (Å²) in [6.07, 6.45) is 0. The minimum absolute atomic E-state index is 0.473. The third-order valence-electron chi connectivity index (χ3n) is 3.74. The van der Waals surface area contributed by atoms with Crippen molar-refractivity contribution in [1.82, 2.24) is 5.32 Å². The van der Waals surface area contributed by atoms with Gasteiger partial charge in [-0.2, -0.15) is 0 Å². The molecular weight excluding hydrogens is 340 g/mol. The first-order chi connectivity index (χ1) is 12.2. The van der Waals surface area contributed by atoms with Crippen molar-refractivity contribution in [3.8, 4) is 23.0 Å². The molecule has 0 fully saturated rings. The summed E-state index contributed by atoms with van der Waals surface area (Å²) in [5.74, 6) is 2.93. The van der Waals surface area contributed by atoms with E-state index < -0.39 is 0 Å². The highest BCUT2D eigenvalue weighted by Gasteiger charge is 2.15. The molecule has 1 heterocycles. The van der Waals surface area contributed by atoms with Crippen LogP contribution < -0.4 is 29.6 Å². The average molecular weight is 360 g/mol. The SMILES string of the molecule is COc1ccc(OC)c(NC(=S)NCc2cccc3c2OCCO3)c1. The third-order valence-corrected chi connectivity index (χ3v) is 3.99. The van der Waals surface area contributed by atoms with Crippen molar-refractivity contribution in [2.24, 2.45) is 0 Å². The molecule has 0 saturated carbocycles. The molecule has 7 heteroatoms. The number of nitrogens with one attached hydrogen (secondary N) is 2. The van der Waals surface area contributed by atoms with E-state index in [1.807, 2.05) is 36.4 Å². The molecular formula is C18H20N2O4S. The van der Waals surface area contributed by atoms with E-state index in [0.29, 0.717) is 36.4 Å². The fourth-order valence-electron chi connectivity index (χ4n) is 2.53. The van der Waals surface area contributed by atoms with Crippen molar-refractivity contribution in [3.05, 3.63) is 42.0 Å². The van der Waals surface area contributed by atoms with E-state index in [4.69, 9.17) is 31.2 Å². The Balaban J connectivity index is 1.66. The van der Waals surface area contributed by atoms with Crippen LogP contribution in [0, 0.1) is 0 Å². The van der Waals surface area contributed by atoms with Crippen molar-refractivity contribution in [2.45, 2.75) is 6.54 Å². The number of benzene rings is 2. The number of hydrogen-bond acceptors (Lipinski definition) is 5. The van der Waals surface area contributed by atoms with Crippen LogP contribution in [-0.4, -0.2) is 32.5 Å². The van der Waals surface area contributed by atoms with Crippen LogP contribution in [0.1, 0.15) is 5.56 Å². The Morgan fingerprint density at radius 3 is 2.76 bits per heavy atom. The van der Waals surface area contributed by atoms with Gasteiger partial charge >= 0.3 is 0 Å². The smallest absolute Gasteiger partial charge is 0.171 e. The molecule has 25 heavy (non-hydrogen) atoms. The van der Waals surface area contributed by atoms with Crippen LogP contribution in [-0.2, 0) is 6.54 Å². The van der Waals surface area contributed by atoms with Gasteiger partial charge in [-0.1, -0.05) is 12.1 Å². The molecule has 0 saturated heterocycles. The number of methoxy groups -OCH3 is 2. The van der Waals surface area contributed by atoms with E-state index in [1.54, 1.807) is 14.2 Å². The number of fused-ring (bicyclic) bond motifs is 1. The first kappa shape index (κ1) is 17.2. The van der Waals surface area contributed by atoms with Gasteiger partial charge in [-0.25, -0.2) is 0 Å². The average Bonchev–Trinajstić information content (AvgIpc) is 2.66. The molecule has 0 unspecified atom stereocenters. The van der Waals surface area contributed by atoms with Gasteiger partial charge in [0.1, 0.15) is 24.7 Å². The van der Waals surface area contributed by atoms with Gasteiger partial charge in [-0.05, 0) is 30.4 Å². The summed E-state index contributed by atoms with van der Waals surface area (Å²) in [6, 6.07) is 11.3. The molecule has 0 amide bonds. The predicted molar refractivity (Wildman–Crippen MR) is 100 cm³/mol. The van der Waals surface area contributed by atoms with E-state index in [1.165, 1.54) is 0 Å². The van der Waals surface area contributed by atoms with Crippen molar-refractivity contribution < 1.29 is 18.9 Å². The molecule has 0 radical (unpaired) electrons. The van der Waals surface area contributed by atoms with Crippen molar-refractivity contribution in [1.29, 1.82) is 0 Å². The molecule has 6 nitrogen and oxygen atoms in total. The lowest BCUT2D eigenvalue weighted by atomic mass is 10.1. The van der Waals surface area contributed by atoms with Gasteiger partial charge in [0, 0.05) is 18.2 Å². The van der Waals surface area contributed by atoms with E-state index in [9.17, 15) is 0 Å². The molecule has 0 spiro atoms. The van der Waals surface area contributed by atoms with Crippen molar-refractivity contribution in [2.75, 3.05) is 32.8 Å². The molecule has 0 aliphatic carbocycles. The van der Waals surface area contributed by atoms with Crippen LogP contribution in [0.2, 0.25) is 0 Å². The zero-order valence-electron chi connectivity index (χ0n) is 14.1. The fraction of sp³-hybridized carbons (Fsp3) is 0.278. The monoisotopic (exact) mass is 360 g/mol. The third kappa shape index (κ3) is 4.06. The maximum Gasteiger partial charge on any atom is 0.171 e. The summed E-state index contributed by atoms with van der Waals surface area (Å²) in [6.45, 7) is 1.64. The Morgan fingerprint density at radius 1 is 1.12 bits per heavy atom. The summed E-state index contributed by atoms with van der Waals surface area (Å²) in [7, 11) is 3.22. The number of hydrogen-bond donors (Lipinski definition) is 2. The van der Waals surface area contributed by atoms with Gasteiger partial charge in [0.05, 0.1) is 19.9 Å². The molecule has 2 N–H and O–H groups in total. The van der Waals surface area contributed by atoms with Gasteiger partial charge in [0.25, 0.3) is 0 Å². The second-order valence-electron chi connectivity index (χ2n) is 5.32. The molecule has 0 atom stereocenters. The molecule has 0 aromatic heterocycles. The van der Waals surface area contributed by atoms with E-state index in [2.05, 4.69) is 10.6 Å². The topological polar surface area (TPSA) is 61.0 Å². The second-order valence-corrected chi connectivity index (χ2v) is 5.72. The number of ether oxygens (including phenoxy) is 4. The number of rotatable bonds is 5. The van der Waals surface area contributed by atoms with Crippen LogP contribution in [0.15, 0.2) is 36.4 Å². The van der Waals surface area contributed by atoms with Crippen molar-refractivity contribution >= 4 is 23.0 Å². The highest BCUT2D eigenvalue weighted by molar-refractivity contribution is 7.80. The molecule has 2 aromatic rings. The fourth-order valence-corrected chi connectivity index (χ4v) is 2.71. The highest BCUT2D eigenvalue weighted by atomic mass is 32.1. The maximum absolute atomic E-state index is 5.71. The quantitative estimate of drug-likeness (QED) is 0.795. The highest BCUT2D eigenvalue weighted by Crippen LogP contribution is 2.33. The van der Waals surface area contributed by atoms with Crippen LogP contribution in [0.4, 0.5) is 5.69 Å². The Bertz CT molecular complexity index is 767. The lowest BCUT2D eigenvalue weighted by Crippen LogP contribution is -2.28. The molecule has 3 rings (SSSR count). The summed E-state index contributed by atoms with van der Waals surface area (Å²) in [5, 5.41) is 6.78. The van der Waals surface area contributed by atoms with E-state index in [-0.39, 0.29) is 0 Å². The Labute approximate surface area is 152 Å². The summed E-state index contributed by atoms with van der Waals surface area (Å²) >= 11 is 5.39. The zero-order chi connectivity index (χ0) is 17.6. The van der Waals surface area contributed by atoms with Crippen LogP contribution in [0.25, 0.3) is 0 Å². The molecule has 0 bridgehead atoms. The molecule has 1 aliphatic rings. The number of para-hydroxylation sites is 1. The van der Waals surface area contributed by atoms with Crippen LogP contribution in [0.5, 0.6) is 23.0 Å². The Kier molecular flexibility index (Phi) is 5.45. The van der Waals surface area contributed by atoms with E-state index in [0.717, 1.165) is 22.7 Å². The van der Waals surface area contributed by atoms with Gasteiger partial charge in [0.2, 0.25) is 0 Å². The largest absolute Gasteiger partial charge is 0.497 e. The lowest BCUT2D eigenvalue weighted by molar-refractivity contribution is 0.170. The first-order valence-electron chi connectivity index (χ1n) is 7.85. The molecule has 1 aliphatic heterocycles. The Hall–Kier alpha value is -2.67. The number of thiocarbonyl (C=S) groups is 1. The van der Waals surface area contributed by atoms with E-state index >= 15 is 0 Å². The van der Waals surface area contributed by atoms with Gasteiger partial charge in [-0.3, -0.25) is 0 Å². The predicted octanol–water partition coefficient (Wildman–Crippen LogP) is 2.96. The summed E-state index contributed by atoms with van der Waals surface area (Å²) in [4.78, 5) is 0. The van der Waals surface area contributed by atoms with Crippen molar-refractivity contribution in [3.63, 3.8) is 0 Å². The minimum atomic E-state index is 0.473. The molecule has 2 aromatic carbocycles. The minimum Gasteiger partial charge on any atom is -0.497 e. The van der Waals surface area contributed by atoms with Crippen LogP contribution >= 0.6 is 12.2 Å². The second kappa shape index (κ2) is 7.94. The van der Waals surface area contributed by atoms with Crippen LogP contribution in [0.3, 0.4) is 0 Å². The summed E-state index contributed by atoms with van der Waals surface area (Å²) < 4.78 is 21.9. The zero-order valence-corrected chi connectivity index (χ0v) is 14.9. The number of anilines is 1. The lowest BCUT2D eigenvalue weighted by Gasteiger charge is -2.21.